The molecule has 0 N–H and O–H groups in total. The average Bonchev–Trinajstić information content (AvgIpc) is 2.27. The minimum Gasteiger partial charge on any atom is -0.263 e. The van der Waals surface area contributed by atoms with E-state index in [1.165, 1.54) is 0 Å². The summed E-state index contributed by atoms with van der Waals surface area (Å²) in [5.74, 6) is 0. The Kier molecular flexibility index (Phi) is 8.33. The predicted molar refractivity (Wildman–Crippen MR) is 69.5 cm³/mol. The second-order valence-corrected chi connectivity index (χ2v) is 5.39. The minimum atomic E-state index is -3.59. The number of unbranched alkanes of at least 4 members (excludes halogenated alkanes) is 1. The van der Waals surface area contributed by atoms with Gasteiger partial charge in [-0.3, -0.25) is 4.18 Å². The molecule has 0 saturated heterocycles. The molecule has 1 atom stereocenters. The molecule has 1 aromatic carbocycles. The van der Waals surface area contributed by atoms with E-state index >= 15 is 0 Å². The Morgan fingerprint density at radius 3 is 2.35 bits per heavy atom. The summed E-state index contributed by atoms with van der Waals surface area (Å²) < 4.78 is 28.7. The molecule has 1 radical (unpaired) electrons. The van der Waals surface area contributed by atoms with Crippen LogP contribution in [0.1, 0.15) is 33.1 Å². The maximum absolute atomic E-state index is 11.8. The molecule has 1 unspecified atom stereocenters. The first-order chi connectivity index (χ1) is 7.56. The largest absolute Gasteiger partial charge is 0.297 e. The van der Waals surface area contributed by atoms with E-state index in [9.17, 15) is 8.42 Å². The third kappa shape index (κ3) is 6.02. The molecule has 0 bridgehead atoms. The number of hydrogen-bond acceptors (Lipinski definition) is 3. The van der Waals surface area contributed by atoms with Crippen LogP contribution in [-0.2, 0) is 14.3 Å². The van der Waals surface area contributed by atoms with Crippen molar-refractivity contribution in [3.8, 4) is 0 Å². The van der Waals surface area contributed by atoms with E-state index in [1.807, 2.05) is 0 Å². The maximum Gasteiger partial charge on any atom is 0.297 e. The molecule has 0 aliphatic carbocycles. The number of rotatable bonds is 6. The molecule has 0 saturated carbocycles. The quantitative estimate of drug-likeness (QED) is 0.586. The van der Waals surface area contributed by atoms with Crippen LogP contribution in [0.15, 0.2) is 35.2 Å². The monoisotopic (exact) mass is 265 g/mol. The van der Waals surface area contributed by atoms with Gasteiger partial charge in [0, 0.05) is 29.6 Å². The zero-order valence-corrected chi connectivity index (χ0v) is 13.5. The molecule has 5 heteroatoms. The first-order valence-corrected chi connectivity index (χ1v) is 6.95. The molecule has 1 rings (SSSR count). The SMILES string of the molecule is CCCCC(C)OS(=O)(=O)c1ccccc1.[Na]. The molecule has 17 heavy (non-hydrogen) atoms. The smallest absolute Gasteiger partial charge is 0.263 e. The van der Waals surface area contributed by atoms with Crippen molar-refractivity contribution in [2.24, 2.45) is 0 Å². The van der Waals surface area contributed by atoms with Gasteiger partial charge in [-0.1, -0.05) is 38.0 Å². The summed E-state index contributed by atoms with van der Waals surface area (Å²) >= 11 is 0. The Morgan fingerprint density at radius 2 is 1.82 bits per heavy atom. The van der Waals surface area contributed by atoms with Crippen molar-refractivity contribution in [1.82, 2.24) is 0 Å². The van der Waals surface area contributed by atoms with Crippen LogP contribution < -0.4 is 0 Å². The molecule has 0 heterocycles. The van der Waals surface area contributed by atoms with E-state index in [4.69, 9.17) is 4.18 Å². The van der Waals surface area contributed by atoms with E-state index < -0.39 is 10.1 Å². The van der Waals surface area contributed by atoms with Crippen molar-refractivity contribution >= 4 is 39.7 Å². The van der Waals surface area contributed by atoms with Gasteiger partial charge < -0.3 is 0 Å². The van der Waals surface area contributed by atoms with Gasteiger partial charge >= 0.3 is 0 Å². The Bertz CT molecular complexity index is 403. The van der Waals surface area contributed by atoms with Gasteiger partial charge in [0.2, 0.25) is 0 Å². The van der Waals surface area contributed by atoms with Crippen LogP contribution >= 0.6 is 0 Å². The fourth-order valence-corrected chi connectivity index (χ4v) is 2.53. The van der Waals surface area contributed by atoms with Crippen molar-refractivity contribution in [2.75, 3.05) is 0 Å². The standard InChI is InChI=1S/C12H18O3S.Na/c1-3-4-8-11(2)15-16(13,14)12-9-6-5-7-10-12;/h5-7,9-11H,3-4,8H2,1-2H3;. The fourth-order valence-electron chi connectivity index (χ4n) is 1.40. The minimum absolute atomic E-state index is 0. The second-order valence-electron chi connectivity index (χ2n) is 3.82. The molecule has 3 nitrogen and oxygen atoms in total. The Labute approximate surface area is 126 Å². The molecule has 91 valence electrons. The maximum atomic E-state index is 11.8. The first kappa shape index (κ1) is 17.1. The summed E-state index contributed by atoms with van der Waals surface area (Å²) in [6.45, 7) is 3.86. The number of benzene rings is 1. The summed E-state index contributed by atoms with van der Waals surface area (Å²) in [6, 6.07) is 8.24. The van der Waals surface area contributed by atoms with Crippen LogP contribution in [-0.4, -0.2) is 44.1 Å². The van der Waals surface area contributed by atoms with Crippen LogP contribution in [0.5, 0.6) is 0 Å². The van der Waals surface area contributed by atoms with Crippen LogP contribution in [0.3, 0.4) is 0 Å². The average molecular weight is 265 g/mol. The first-order valence-electron chi connectivity index (χ1n) is 5.54. The molecule has 0 aromatic heterocycles. The van der Waals surface area contributed by atoms with Gasteiger partial charge in [-0.2, -0.15) is 8.42 Å². The van der Waals surface area contributed by atoms with E-state index in [1.54, 1.807) is 37.3 Å². The normalized spacial score (nSPS) is 12.8. The van der Waals surface area contributed by atoms with E-state index in [0.717, 1.165) is 19.3 Å². The van der Waals surface area contributed by atoms with Crippen LogP contribution in [0.4, 0.5) is 0 Å². The zero-order valence-electron chi connectivity index (χ0n) is 10.7. The summed E-state index contributed by atoms with van der Waals surface area (Å²) in [7, 11) is -3.59. The molecule has 0 fully saturated rings. The fraction of sp³-hybridized carbons (Fsp3) is 0.500. The van der Waals surface area contributed by atoms with E-state index in [2.05, 4.69) is 6.92 Å². The van der Waals surface area contributed by atoms with E-state index in [0.29, 0.717) is 0 Å². The third-order valence-electron chi connectivity index (χ3n) is 2.29. The summed E-state index contributed by atoms with van der Waals surface area (Å²) in [6.07, 6.45) is 2.53. The molecular weight excluding hydrogens is 247 g/mol. The summed E-state index contributed by atoms with van der Waals surface area (Å²) in [5, 5.41) is 0. The van der Waals surface area contributed by atoms with Gasteiger partial charge in [0.15, 0.2) is 0 Å². The van der Waals surface area contributed by atoms with Crippen molar-refractivity contribution in [3.63, 3.8) is 0 Å². The molecule has 0 amide bonds. The third-order valence-corrected chi connectivity index (χ3v) is 3.72. The van der Waals surface area contributed by atoms with Crippen molar-refractivity contribution in [3.05, 3.63) is 30.3 Å². The van der Waals surface area contributed by atoms with Gasteiger partial charge in [-0.25, -0.2) is 0 Å². The summed E-state index contributed by atoms with van der Waals surface area (Å²) in [5.41, 5.74) is 0. The topological polar surface area (TPSA) is 43.4 Å². The molecular formula is C12H18NaO3S. The summed E-state index contributed by atoms with van der Waals surface area (Å²) in [4.78, 5) is 0.221. The van der Waals surface area contributed by atoms with Gasteiger partial charge in [0.25, 0.3) is 10.1 Å². The van der Waals surface area contributed by atoms with Crippen LogP contribution in [0, 0.1) is 0 Å². The zero-order chi connectivity index (χ0) is 12.0. The predicted octanol–water partition coefficient (Wildman–Crippen LogP) is 2.59. The van der Waals surface area contributed by atoms with Crippen LogP contribution in [0.2, 0.25) is 0 Å². The van der Waals surface area contributed by atoms with Gasteiger partial charge in [-0.15, -0.1) is 0 Å². The second kappa shape index (κ2) is 8.27. The van der Waals surface area contributed by atoms with Gasteiger partial charge in [0.1, 0.15) is 0 Å². The van der Waals surface area contributed by atoms with Gasteiger partial charge in [0.05, 0.1) is 11.0 Å². The Hall–Kier alpha value is 0.130. The van der Waals surface area contributed by atoms with Crippen molar-refractivity contribution < 1.29 is 12.6 Å². The molecule has 0 aliphatic rings. The number of hydrogen-bond donors (Lipinski definition) is 0. The van der Waals surface area contributed by atoms with Gasteiger partial charge in [-0.05, 0) is 25.5 Å². The Morgan fingerprint density at radius 1 is 1.24 bits per heavy atom. The van der Waals surface area contributed by atoms with Crippen LogP contribution in [0.25, 0.3) is 0 Å². The van der Waals surface area contributed by atoms with E-state index in [-0.39, 0.29) is 40.6 Å². The molecule has 1 aromatic rings. The van der Waals surface area contributed by atoms with Crippen molar-refractivity contribution in [2.45, 2.75) is 44.1 Å². The Balaban J connectivity index is 0.00000256. The molecule has 0 spiro atoms. The molecule has 0 aliphatic heterocycles. The van der Waals surface area contributed by atoms with Crippen molar-refractivity contribution in [1.29, 1.82) is 0 Å².